The molecule has 2 aromatic rings. The molecule has 0 radical (unpaired) electrons. The Labute approximate surface area is 152 Å². The van der Waals surface area contributed by atoms with E-state index >= 15 is 0 Å². The molecule has 25 heavy (non-hydrogen) atoms. The second-order valence-corrected chi connectivity index (χ2v) is 7.43. The molecular weight excluding hydrogens is 336 g/mol. The molecule has 0 spiro atoms. The molecule has 1 unspecified atom stereocenters. The first kappa shape index (κ1) is 18.9. The molecule has 0 aliphatic heterocycles. The molecule has 0 aliphatic rings. The molecule has 1 aromatic heterocycles. The summed E-state index contributed by atoms with van der Waals surface area (Å²) < 4.78 is 0. The van der Waals surface area contributed by atoms with E-state index in [0.29, 0.717) is 5.69 Å². The van der Waals surface area contributed by atoms with Gasteiger partial charge in [0.2, 0.25) is 5.91 Å². The lowest BCUT2D eigenvalue weighted by Crippen LogP contribution is -2.34. The van der Waals surface area contributed by atoms with Crippen LogP contribution in [0.1, 0.15) is 35.5 Å². The van der Waals surface area contributed by atoms with Crippen LogP contribution in [-0.4, -0.2) is 35.9 Å². The van der Waals surface area contributed by atoms with Crippen molar-refractivity contribution in [2.75, 3.05) is 24.3 Å². The highest BCUT2D eigenvalue weighted by atomic mass is 32.1. The van der Waals surface area contributed by atoms with Gasteiger partial charge in [-0.3, -0.25) is 4.79 Å². The molecule has 1 aromatic carbocycles. The van der Waals surface area contributed by atoms with Crippen molar-refractivity contribution in [2.24, 2.45) is 0 Å². The summed E-state index contributed by atoms with van der Waals surface area (Å²) >= 11 is 1.63. The lowest BCUT2D eigenvalue weighted by atomic mass is 10.2. The van der Waals surface area contributed by atoms with Gasteiger partial charge in [0.1, 0.15) is 0 Å². The second-order valence-electron chi connectivity index (χ2n) is 6.02. The number of benzene rings is 1. The van der Waals surface area contributed by atoms with Crippen LogP contribution in [0.15, 0.2) is 24.3 Å². The zero-order chi connectivity index (χ0) is 18.7. The average Bonchev–Trinajstić information content (AvgIpc) is 2.91. The number of aryl methyl sites for hydroxylation is 2. The molecule has 2 rings (SSSR count). The zero-order valence-electron chi connectivity index (χ0n) is 15.5. The van der Waals surface area contributed by atoms with E-state index in [-0.39, 0.29) is 18.0 Å². The smallest absolute Gasteiger partial charge is 0.319 e. The fourth-order valence-corrected chi connectivity index (χ4v) is 3.39. The number of hydrogen-bond acceptors (Lipinski definition) is 4. The third-order valence-electron chi connectivity index (χ3n) is 4.19. The van der Waals surface area contributed by atoms with Crippen LogP contribution in [0.2, 0.25) is 0 Å². The highest BCUT2D eigenvalue weighted by Gasteiger charge is 2.22. The van der Waals surface area contributed by atoms with Gasteiger partial charge < -0.3 is 15.1 Å². The number of nitrogens with one attached hydrogen (secondary N) is 1. The van der Waals surface area contributed by atoms with Gasteiger partial charge in [-0.25, -0.2) is 9.78 Å². The molecule has 0 fully saturated rings. The Morgan fingerprint density at radius 1 is 1.24 bits per heavy atom. The minimum atomic E-state index is -0.222. The van der Waals surface area contributed by atoms with Gasteiger partial charge in [-0.2, -0.15) is 0 Å². The number of nitrogens with zero attached hydrogens (tertiary/aromatic N) is 3. The Morgan fingerprint density at radius 2 is 1.92 bits per heavy atom. The Balaban J connectivity index is 2.12. The van der Waals surface area contributed by atoms with Crippen molar-refractivity contribution in [1.82, 2.24) is 9.88 Å². The first-order chi connectivity index (χ1) is 11.7. The van der Waals surface area contributed by atoms with Crippen LogP contribution >= 0.6 is 11.3 Å². The van der Waals surface area contributed by atoms with Crippen LogP contribution in [0, 0.1) is 13.8 Å². The maximum absolute atomic E-state index is 12.6. The predicted octanol–water partition coefficient (Wildman–Crippen LogP) is 3.97. The molecule has 6 nitrogen and oxygen atoms in total. The SMILES string of the molecule is CC(=O)N(C)c1cccc(NC(=O)N(C)C(C)c2nc(C)sc2C)c1. The van der Waals surface area contributed by atoms with Crippen LogP contribution in [0.5, 0.6) is 0 Å². The third-order valence-corrected chi connectivity index (χ3v) is 5.10. The summed E-state index contributed by atoms with van der Waals surface area (Å²) in [7, 11) is 3.45. The molecule has 3 amide bonds. The van der Waals surface area contributed by atoms with Crippen molar-refractivity contribution in [3.8, 4) is 0 Å². The number of aromatic nitrogens is 1. The van der Waals surface area contributed by atoms with Gasteiger partial charge in [0, 0.05) is 37.3 Å². The minimum Gasteiger partial charge on any atom is -0.319 e. The summed E-state index contributed by atoms with van der Waals surface area (Å²) in [5.41, 5.74) is 2.29. The summed E-state index contributed by atoms with van der Waals surface area (Å²) in [5, 5.41) is 3.87. The molecule has 0 aliphatic carbocycles. The van der Waals surface area contributed by atoms with Crippen molar-refractivity contribution in [3.05, 3.63) is 39.8 Å². The first-order valence-electron chi connectivity index (χ1n) is 8.02. The highest BCUT2D eigenvalue weighted by molar-refractivity contribution is 7.11. The van der Waals surface area contributed by atoms with Crippen molar-refractivity contribution >= 4 is 34.6 Å². The van der Waals surface area contributed by atoms with Crippen molar-refractivity contribution in [3.63, 3.8) is 0 Å². The standard InChI is InChI=1S/C18H24N4O2S/c1-11(17-12(2)25-13(3)19-17)21(5)18(24)20-15-8-7-9-16(10-15)22(6)14(4)23/h7-11H,1-6H3,(H,20,24). The maximum Gasteiger partial charge on any atom is 0.322 e. The van der Waals surface area contributed by atoms with Crippen molar-refractivity contribution < 1.29 is 9.59 Å². The Hall–Kier alpha value is -2.41. The van der Waals surface area contributed by atoms with E-state index in [2.05, 4.69) is 10.3 Å². The first-order valence-corrected chi connectivity index (χ1v) is 8.84. The van der Waals surface area contributed by atoms with Crippen molar-refractivity contribution in [2.45, 2.75) is 33.7 Å². The summed E-state index contributed by atoms with van der Waals surface area (Å²) in [6.45, 7) is 7.44. The van der Waals surface area contributed by atoms with E-state index in [1.807, 2.05) is 32.9 Å². The Bertz CT molecular complexity index is 787. The third kappa shape index (κ3) is 4.36. The van der Waals surface area contributed by atoms with Crippen LogP contribution in [-0.2, 0) is 4.79 Å². The van der Waals surface area contributed by atoms with Gasteiger partial charge >= 0.3 is 6.03 Å². The number of urea groups is 1. The predicted molar refractivity (Wildman–Crippen MR) is 102 cm³/mol. The molecule has 1 atom stereocenters. The summed E-state index contributed by atoms with van der Waals surface area (Å²) in [6, 6.07) is 6.85. The number of carbonyl (C=O) groups is 2. The molecule has 7 heteroatoms. The molecule has 0 bridgehead atoms. The lowest BCUT2D eigenvalue weighted by Gasteiger charge is -2.25. The summed E-state index contributed by atoms with van der Waals surface area (Å²) in [4.78, 5) is 32.9. The van der Waals surface area contributed by atoms with E-state index in [1.165, 1.54) is 11.8 Å². The fraction of sp³-hybridized carbons (Fsp3) is 0.389. The summed E-state index contributed by atoms with van der Waals surface area (Å²) in [6.07, 6.45) is 0. The van der Waals surface area contributed by atoms with Crippen molar-refractivity contribution in [1.29, 1.82) is 0 Å². The number of rotatable bonds is 4. The molecule has 1 N–H and O–H groups in total. The molecule has 134 valence electrons. The Kier molecular flexibility index (Phi) is 5.79. The van der Waals surface area contributed by atoms with Gasteiger partial charge in [0.05, 0.1) is 16.7 Å². The van der Waals surface area contributed by atoms with Gasteiger partial charge in [0.25, 0.3) is 0 Å². The van der Waals surface area contributed by atoms with E-state index in [4.69, 9.17) is 0 Å². The highest BCUT2D eigenvalue weighted by Crippen LogP contribution is 2.27. The average molecular weight is 360 g/mol. The van der Waals surface area contributed by atoms with E-state index < -0.39 is 0 Å². The number of amides is 3. The lowest BCUT2D eigenvalue weighted by molar-refractivity contribution is -0.116. The molecular formula is C18H24N4O2S. The summed E-state index contributed by atoms with van der Waals surface area (Å²) in [5.74, 6) is -0.0661. The zero-order valence-corrected chi connectivity index (χ0v) is 16.3. The number of hydrogen-bond donors (Lipinski definition) is 1. The van der Waals surface area contributed by atoms with Crippen LogP contribution in [0.4, 0.5) is 16.2 Å². The quantitative estimate of drug-likeness (QED) is 0.897. The van der Waals surface area contributed by atoms with Crippen LogP contribution < -0.4 is 10.2 Å². The van der Waals surface area contributed by atoms with Gasteiger partial charge in [-0.15, -0.1) is 11.3 Å². The second kappa shape index (κ2) is 7.65. The fourth-order valence-electron chi connectivity index (χ4n) is 2.48. The Morgan fingerprint density at radius 3 is 2.48 bits per heavy atom. The van der Waals surface area contributed by atoms with Gasteiger partial charge in [-0.1, -0.05) is 6.07 Å². The minimum absolute atomic E-state index is 0.0661. The molecule has 1 heterocycles. The maximum atomic E-state index is 12.6. The van der Waals surface area contributed by atoms with E-state index in [9.17, 15) is 9.59 Å². The van der Waals surface area contributed by atoms with Crippen LogP contribution in [0.3, 0.4) is 0 Å². The number of thiazole rings is 1. The van der Waals surface area contributed by atoms with E-state index in [1.54, 1.807) is 42.5 Å². The van der Waals surface area contributed by atoms with Gasteiger partial charge in [-0.05, 0) is 39.0 Å². The van der Waals surface area contributed by atoms with Crippen LogP contribution in [0.25, 0.3) is 0 Å². The van der Waals surface area contributed by atoms with Gasteiger partial charge in [0.15, 0.2) is 0 Å². The largest absolute Gasteiger partial charge is 0.322 e. The molecule has 0 saturated heterocycles. The molecule has 0 saturated carbocycles. The number of carbonyl (C=O) groups excluding carboxylic acids is 2. The topological polar surface area (TPSA) is 65.5 Å². The van der Waals surface area contributed by atoms with E-state index in [0.717, 1.165) is 21.3 Å². The normalized spacial score (nSPS) is 11.8. The monoisotopic (exact) mass is 360 g/mol. The number of anilines is 2.